The average molecular weight is 357 g/mol. The summed E-state index contributed by atoms with van der Waals surface area (Å²) in [7, 11) is 0. The number of nitrogens with one attached hydrogen (secondary N) is 1. The minimum atomic E-state index is -0.576. The molecular weight excluding hydrogens is 351 g/mol. The summed E-state index contributed by atoms with van der Waals surface area (Å²) in [5, 5.41) is 29.4. The van der Waals surface area contributed by atoms with Crippen molar-refractivity contribution in [2.75, 3.05) is 0 Å². The molecule has 0 aliphatic carbocycles. The monoisotopic (exact) mass is 356 g/mol. The third-order valence-electron chi connectivity index (χ3n) is 2.79. The maximum absolute atomic E-state index is 10.6. The Hall–Kier alpha value is -2.16. The van der Waals surface area contributed by atoms with E-state index in [4.69, 9.17) is 23.2 Å². The number of rotatable bonds is 3. The first-order chi connectivity index (χ1) is 10.5. The number of halogens is 2. The Kier molecular flexibility index (Phi) is 3.73. The molecule has 0 amide bonds. The molecule has 112 valence electrons. The molecule has 7 nitrogen and oxygen atoms in total. The maximum atomic E-state index is 10.6. The lowest BCUT2D eigenvalue weighted by Gasteiger charge is -2.04. The molecule has 2 heterocycles. The fraction of sp³-hybridized carbons (Fsp3) is 0. The van der Waals surface area contributed by atoms with Crippen molar-refractivity contribution in [2.24, 2.45) is 0 Å². The lowest BCUT2D eigenvalue weighted by atomic mass is 10.1. The number of aromatic amines is 1. The standard InChI is InChI=1S/C12H6Cl2N4O3S/c13-5-1-6(11(19)7(14)2-5)9-4-22-12(15-9)8-3-10(17-16-8)18(20)21/h1-4,19H,(H,16,17). The second kappa shape index (κ2) is 5.56. The topological polar surface area (TPSA) is 105 Å². The Morgan fingerprint density at radius 3 is 2.73 bits per heavy atom. The minimum absolute atomic E-state index is 0.118. The number of aromatic hydroxyl groups is 1. The van der Waals surface area contributed by atoms with Crippen LogP contribution >= 0.6 is 34.5 Å². The van der Waals surface area contributed by atoms with E-state index in [1.54, 1.807) is 5.38 Å². The summed E-state index contributed by atoms with van der Waals surface area (Å²) in [6.45, 7) is 0. The van der Waals surface area contributed by atoms with Crippen LogP contribution in [0.15, 0.2) is 23.6 Å². The highest BCUT2D eigenvalue weighted by molar-refractivity contribution is 7.13. The predicted molar refractivity (Wildman–Crippen MR) is 83.5 cm³/mol. The number of phenolic OH excluding ortho intramolecular Hbond substituents is 1. The first kappa shape index (κ1) is 14.8. The Bertz CT molecular complexity index is 877. The first-order valence-corrected chi connectivity index (χ1v) is 7.43. The fourth-order valence-electron chi connectivity index (χ4n) is 1.79. The summed E-state index contributed by atoms with van der Waals surface area (Å²) in [4.78, 5) is 14.4. The van der Waals surface area contributed by atoms with Crippen LogP contribution in [0.25, 0.3) is 22.0 Å². The minimum Gasteiger partial charge on any atom is -0.506 e. The van der Waals surface area contributed by atoms with Crippen LogP contribution < -0.4 is 0 Å². The molecule has 0 bridgehead atoms. The van der Waals surface area contributed by atoms with Gasteiger partial charge in [-0.2, -0.15) is 0 Å². The van der Waals surface area contributed by atoms with Gasteiger partial charge in [-0.1, -0.05) is 28.3 Å². The number of nitro groups is 1. The fourth-order valence-corrected chi connectivity index (χ4v) is 3.06. The van der Waals surface area contributed by atoms with E-state index in [0.717, 1.165) is 0 Å². The Labute approximate surface area is 137 Å². The van der Waals surface area contributed by atoms with Crippen molar-refractivity contribution in [3.8, 4) is 27.7 Å². The van der Waals surface area contributed by atoms with Gasteiger partial charge in [-0.25, -0.2) is 4.98 Å². The summed E-state index contributed by atoms with van der Waals surface area (Å²) in [5.74, 6) is -0.351. The number of hydrogen-bond acceptors (Lipinski definition) is 6. The molecule has 2 aromatic heterocycles. The lowest BCUT2D eigenvalue weighted by Crippen LogP contribution is -1.86. The number of thiazole rings is 1. The molecule has 0 radical (unpaired) electrons. The smallest absolute Gasteiger partial charge is 0.343 e. The van der Waals surface area contributed by atoms with Gasteiger partial charge in [-0.15, -0.1) is 16.4 Å². The molecule has 0 spiro atoms. The van der Waals surface area contributed by atoms with E-state index in [1.165, 1.54) is 29.5 Å². The number of hydrogen-bond donors (Lipinski definition) is 2. The molecular formula is C12H6Cl2N4O3S. The summed E-state index contributed by atoms with van der Waals surface area (Å²) in [5.41, 5.74) is 1.17. The van der Waals surface area contributed by atoms with Gasteiger partial charge in [-0.3, -0.25) is 0 Å². The molecule has 0 aliphatic heterocycles. The highest BCUT2D eigenvalue weighted by Crippen LogP contribution is 2.39. The largest absolute Gasteiger partial charge is 0.506 e. The summed E-state index contributed by atoms with van der Waals surface area (Å²) in [6, 6.07) is 4.24. The van der Waals surface area contributed by atoms with E-state index in [9.17, 15) is 15.2 Å². The van der Waals surface area contributed by atoms with Gasteiger partial charge in [0.15, 0.2) is 5.69 Å². The second-order valence-corrected chi connectivity index (χ2v) is 5.92. The molecule has 22 heavy (non-hydrogen) atoms. The van der Waals surface area contributed by atoms with Crippen molar-refractivity contribution in [2.45, 2.75) is 0 Å². The van der Waals surface area contributed by atoms with Gasteiger partial charge in [0.25, 0.3) is 0 Å². The van der Waals surface area contributed by atoms with Crippen molar-refractivity contribution in [1.29, 1.82) is 0 Å². The van der Waals surface area contributed by atoms with E-state index in [0.29, 0.717) is 27.0 Å². The van der Waals surface area contributed by atoms with Crippen LogP contribution in [0.3, 0.4) is 0 Å². The van der Waals surface area contributed by atoms with Crippen LogP contribution in [0.5, 0.6) is 5.75 Å². The number of phenols is 1. The molecule has 0 saturated carbocycles. The number of nitrogens with zero attached hydrogens (tertiary/aromatic N) is 3. The third kappa shape index (κ3) is 2.63. The second-order valence-electron chi connectivity index (χ2n) is 4.22. The van der Waals surface area contributed by atoms with E-state index in [1.807, 2.05) is 0 Å². The molecule has 10 heteroatoms. The molecule has 0 unspecified atom stereocenters. The van der Waals surface area contributed by atoms with Crippen molar-refractivity contribution in [1.82, 2.24) is 15.2 Å². The quantitative estimate of drug-likeness (QED) is 0.542. The molecule has 0 fully saturated rings. The van der Waals surface area contributed by atoms with E-state index in [2.05, 4.69) is 15.2 Å². The first-order valence-electron chi connectivity index (χ1n) is 5.80. The molecule has 0 aliphatic rings. The molecule has 1 aromatic carbocycles. The zero-order valence-electron chi connectivity index (χ0n) is 10.6. The highest BCUT2D eigenvalue weighted by atomic mass is 35.5. The van der Waals surface area contributed by atoms with Crippen LogP contribution in [0.4, 0.5) is 5.82 Å². The zero-order valence-corrected chi connectivity index (χ0v) is 12.9. The van der Waals surface area contributed by atoms with Gasteiger partial charge in [0, 0.05) is 16.0 Å². The van der Waals surface area contributed by atoms with Gasteiger partial charge < -0.3 is 15.2 Å². The highest BCUT2D eigenvalue weighted by Gasteiger charge is 2.17. The van der Waals surface area contributed by atoms with Gasteiger partial charge in [0.05, 0.1) is 16.8 Å². The molecule has 2 N–H and O–H groups in total. The van der Waals surface area contributed by atoms with E-state index < -0.39 is 4.92 Å². The Balaban J connectivity index is 2.02. The van der Waals surface area contributed by atoms with Crippen LogP contribution in [-0.2, 0) is 0 Å². The summed E-state index contributed by atoms with van der Waals surface area (Å²) in [6.07, 6.45) is 0. The summed E-state index contributed by atoms with van der Waals surface area (Å²) < 4.78 is 0. The van der Waals surface area contributed by atoms with Crippen LogP contribution in [-0.4, -0.2) is 25.2 Å². The average Bonchev–Trinajstić information content (AvgIpc) is 3.10. The van der Waals surface area contributed by atoms with Crippen LogP contribution in [0.2, 0.25) is 10.0 Å². The van der Waals surface area contributed by atoms with Crippen molar-refractivity contribution >= 4 is 40.4 Å². The predicted octanol–water partition coefficient (Wildman–Crippen LogP) is 4.12. The number of benzene rings is 1. The van der Waals surface area contributed by atoms with Gasteiger partial charge in [-0.05, 0) is 17.1 Å². The summed E-state index contributed by atoms with van der Waals surface area (Å²) >= 11 is 13.0. The van der Waals surface area contributed by atoms with E-state index >= 15 is 0 Å². The van der Waals surface area contributed by atoms with Crippen molar-refractivity contribution < 1.29 is 10.0 Å². The molecule has 0 saturated heterocycles. The SMILES string of the molecule is O=[N+]([O-])c1cc(-c2nc(-c3cc(Cl)cc(Cl)c3O)cs2)n[nH]1. The number of aromatic nitrogens is 3. The zero-order chi connectivity index (χ0) is 15.9. The van der Waals surface area contributed by atoms with Crippen LogP contribution in [0, 0.1) is 10.1 Å². The normalized spacial score (nSPS) is 10.8. The lowest BCUT2D eigenvalue weighted by molar-refractivity contribution is -0.389. The molecule has 0 atom stereocenters. The van der Waals surface area contributed by atoms with E-state index in [-0.39, 0.29) is 16.6 Å². The van der Waals surface area contributed by atoms with Gasteiger partial charge >= 0.3 is 5.82 Å². The molecule has 3 rings (SSSR count). The molecule has 3 aromatic rings. The Morgan fingerprint density at radius 2 is 2.05 bits per heavy atom. The van der Waals surface area contributed by atoms with Gasteiger partial charge in [0.2, 0.25) is 0 Å². The van der Waals surface area contributed by atoms with Crippen molar-refractivity contribution in [3.63, 3.8) is 0 Å². The Morgan fingerprint density at radius 1 is 1.27 bits per heavy atom. The number of H-pyrrole nitrogens is 1. The van der Waals surface area contributed by atoms with Gasteiger partial charge in [0.1, 0.15) is 10.8 Å². The third-order valence-corrected chi connectivity index (χ3v) is 4.16. The van der Waals surface area contributed by atoms with Crippen LogP contribution in [0.1, 0.15) is 0 Å². The van der Waals surface area contributed by atoms with Crippen molar-refractivity contribution in [3.05, 3.63) is 43.7 Å². The maximum Gasteiger partial charge on any atom is 0.343 e.